The minimum Gasteiger partial charge on any atom is -0.491 e. The lowest BCUT2D eigenvalue weighted by molar-refractivity contribution is -0.123. The van der Waals surface area contributed by atoms with E-state index in [4.69, 9.17) is 14.2 Å². The topological polar surface area (TPSA) is 65.1 Å². The number of hydrogen-bond donors (Lipinski definition) is 0. The first-order chi connectivity index (χ1) is 19.9. The van der Waals surface area contributed by atoms with E-state index in [1.165, 1.54) is 10.5 Å². The molecular formula is C34H38BrNO5S. The van der Waals surface area contributed by atoms with Gasteiger partial charge < -0.3 is 14.2 Å². The molecule has 0 saturated carbocycles. The largest absolute Gasteiger partial charge is 0.491 e. The minimum atomic E-state index is -0.335. The van der Waals surface area contributed by atoms with Gasteiger partial charge in [0.1, 0.15) is 37.1 Å². The molecule has 0 N–H and O–H groups in total. The molecule has 3 aromatic carbocycles. The van der Waals surface area contributed by atoms with Crippen LogP contribution in [0.15, 0.2) is 70.0 Å². The number of rotatable bonds is 11. The number of nitrogens with zero attached hydrogens (tertiary/aromatic N) is 1. The molecule has 1 aliphatic rings. The predicted molar refractivity (Wildman–Crippen MR) is 174 cm³/mol. The number of carbonyl (C=O) groups is 2. The van der Waals surface area contributed by atoms with Crippen molar-refractivity contribution in [1.82, 2.24) is 4.90 Å². The Morgan fingerprint density at radius 2 is 1.57 bits per heavy atom. The van der Waals surface area contributed by atoms with E-state index in [0.29, 0.717) is 35.3 Å². The van der Waals surface area contributed by atoms with Gasteiger partial charge in [-0.2, -0.15) is 0 Å². The number of ether oxygens (including phenoxy) is 3. The van der Waals surface area contributed by atoms with Crippen molar-refractivity contribution in [3.05, 3.63) is 92.3 Å². The maximum atomic E-state index is 13.2. The van der Waals surface area contributed by atoms with Crippen molar-refractivity contribution in [3.63, 3.8) is 0 Å². The molecule has 0 bridgehead atoms. The van der Waals surface area contributed by atoms with Crippen molar-refractivity contribution in [2.24, 2.45) is 0 Å². The molecule has 4 rings (SSSR count). The van der Waals surface area contributed by atoms with Gasteiger partial charge in [-0.25, -0.2) is 0 Å². The molecule has 1 saturated heterocycles. The van der Waals surface area contributed by atoms with Gasteiger partial charge in [-0.1, -0.05) is 80.9 Å². The van der Waals surface area contributed by atoms with Gasteiger partial charge in [-0.05, 0) is 83.1 Å². The molecule has 2 amide bonds. The number of aryl methyl sites for hydroxylation is 1. The van der Waals surface area contributed by atoms with Gasteiger partial charge in [0.05, 0.1) is 11.4 Å². The molecule has 0 aromatic heterocycles. The molecule has 0 atom stereocenters. The van der Waals surface area contributed by atoms with Crippen LogP contribution in [0, 0.1) is 6.92 Å². The SMILES string of the molecule is Cc1ccc(C(C)C)c(OCCN2C(=O)S/C(=C\c3ccc(Br)cc3OCCOc3ccc(C(C)(C)C)cc3)C2=O)c1. The standard InChI is InChI=1S/C34H38BrNO5S/c1-22(2)28-14-7-23(3)19-30(28)40-16-15-36-32(37)31(42-33(36)38)20-24-8-11-26(35)21-29(24)41-18-17-39-27-12-9-25(10-13-27)34(4,5)6/h7-14,19-22H,15-18H2,1-6H3/b31-20-. The Bertz CT molecular complexity index is 1460. The smallest absolute Gasteiger partial charge is 0.293 e. The van der Waals surface area contributed by atoms with Gasteiger partial charge in [0.2, 0.25) is 0 Å². The lowest BCUT2D eigenvalue weighted by atomic mass is 9.87. The highest BCUT2D eigenvalue weighted by Gasteiger charge is 2.35. The van der Waals surface area contributed by atoms with E-state index in [9.17, 15) is 9.59 Å². The summed E-state index contributed by atoms with van der Waals surface area (Å²) in [6.45, 7) is 13.8. The summed E-state index contributed by atoms with van der Waals surface area (Å²) in [4.78, 5) is 27.5. The van der Waals surface area contributed by atoms with Crippen LogP contribution in [0.5, 0.6) is 17.2 Å². The normalized spacial score (nSPS) is 14.7. The molecule has 1 fully saturated rings. The first kappa shape index (κ1) is 31.7. The zero-order valence-corrected chi connectivity index (χ0v) is 27.4. The quantitative estimate of drug-likeness (QED) is 0.153. The van der Waals surface area contributed by atoms with E-state index in [-0.39, 0.29) is 29.7 Å². The number of imide groups is 1. The van der Waals surface area contributed by atoms with Gasteiger partial charge in [0, 0.05) is 10.0 Å². The van der Waals surface area contributed by atoms with Crippen LogP contribution in [0.3, 0.4) is 0 Å². The van der Waals surface area contributed by atoms with Crippen LogP contribution in [-0.4, -0.2) is 42.4 Å². The summed E-state index contributed by atoms with van der Waals surface area (Å²) in [5, 5.41) is -0.311. The van der Waals surface area contributed by atoms with Crippen molar-refractivity contribution in [2.75, 3.05) is 26.4 Å². The zero-order chi connectivity index (χ0) is 30.4. The van der Waals surface area contributed by atoms with Crippen LogP contribution in [0.4, 0.5) is 4.79 Å². The fourth-order valence-corrected chi connectivity index (χ4v) is 5.64. The highest BCUT2D eigenvalue weighted by Crippen LogP contribution is 2.35. The van der Waals surface area contributed by atoms with Crippen molar-refractivity contribution in [1.29, 1.82) is 0 Å². The second-order valence-corrected chi connectivity index (χ2v) is 13.4. The molecular weight excluding hydrogens is 614 g/mol. The van der Waals surface area contributed by atoms with Gasteiger partial charge in [0.15, 0.2) is 0 Å². The Morgan fingerprint density at radius 1 is 0.881 bits per heavy atom. The first-order valence-electron chi connectivity index (χ1n) is 14.1. The summed E-state index contributed by atoms with van der Waals surface area (Å²) in [7, 11) is 0. The molecule has 222 valence electrons. The fraction of sp³-hybridized carbons (Fsp3) is 0.353. The second kappa shape index (κ2) is 13.8. The summed E-state index contributed by atoms with van der Waals surface area (Å²) in [5.41, 5.74) is 4.23. The number of carbonyl (C=O) groups excluding carboxylic acids is 2. The molecule has 0 unspecified atom stereocenters. The molecule has 1 heterocycles. The van der Waals surface area contributed by atoms with Gasteiger partial charge in [0.25, 0.3) is 11.1 Å². The number of benzene rings is 3. The van der Waals surface area contributed by atoms with Crippen LogP contribution >= 0.6 is 27.7 Å². The Balaban J connectivity index is 1.36. The predicted octanol–water partition coefficient (Wildman–Crippen LogP) is 8.75. The number of halogens is 1. The van der Waals surface area contributed by atoms with Crippen LogP contribution in [0.25, 0.3) is 6.08 Å². The lowest BCUT2D eigenvalue weighted by Gasteiger charge is -2.19. The summed E-state index contributed by atoms with van der Waals surface area (Å²) in [6.07, 6.45) is 1.71. The Hall–Kier alpha value is -3.23. The summed E-state index contributed by atoms with van der Waals surface area (Å²) in [5.74, 6) is 2.12. The molecule has 0 radical (unpaired) electrons. The molecule has 42 heavy (non-hydrogen) atoms. The van der Waals surface area contributed by atoms with Crippen molar-refractivity contribution in [3.8, 4) is 17.2 Å². The highest BCUT2D eigenvalue weighted by molar-refractivity contribution is 9.10. The number of thioether (sulfide) groups is 1. The van der Waals surface area contributed by atoms with Crippen LogP contribution < -0.4 is 14.2 Å². The van der Waals surface area contributed by atoms with Gasteiger partial charge in [-0.3, -0.25) is 14.5 Å². The van der Waals surface area contributed by atoms with Crippen LogP contribution in [0.2, 0.25) is 0 Å². The highest BCUT2D eigenvalue weighted by atomic mass is 79.9. The molecule has 3 aromatic rings. The maximum Gasteiger partial charge on any atom is 0.293 e. The average molecular weight is 653 g/mol. The Labute approximate surface area is 261 Å². The minimum absolute atomic E-state index is 0.0839. The molecule has 8 heteroatoms. The van der Waals surface area contributed by atoms with Crippen LogP contribution in [-0.2, 0) is 10.2 Å². The Morgan fingerprint density at radius 3 is 2.26 bits per heavy atom. The molecule has 0 spiro atoms. The van der Waals surface area contributed by atoms with Crippen LogP contribution in [0.1, 0.15) is 62.8 Å². The van der Waals surface area contributed by atoms with Gasteiger partial charge >= 0.3 is 0 Å². The average Bonchev–Trinajstić information content (AvgIpc) is 3.19. The zero-order valence-electron chi connectivity index (χ0n) is 25.0. The van der Waals surface area contributed by atoms with E-state index in [1.807, 2.05) is 43.3 Å². The third kappa shape index (κ3) is 8.19. The third-order valence-corrected chi connectivity index (χ3v) is 8.23. The van der Waals surface area contributed by atoms with E-state index >= 15 is 0 Å². The molecule has 0 aliphatic carbocycles. The third-order valence-electron chi connectivity index (χ3n) is 6.83. The van der Waals surface area contributed by atoms with E-state index in [2.05, 4.69) is 74.8 Å². The Kier molecular flexibility index (Phi) is 10.4. The van der Waals surface area contributed by atoms with Crippen molar-refractivity contribution in [2.45, 2.75) is 52.9 Å². The van der Waals surface area contributed by atoms with Gasteiger partial charge in [-0.15, -0.1) is 0 Å². The van der Waals surface area contributed by atoms with Crippen molar-refractivity contribution >= 4 is 44.9 Å². The monoisotopic (exact) mass is 651 g/mol. The van der Waals surface area contributed by atoms with Crippen molar-refractivity contribution < 1.29 is 23.8 Å². The summed E-state index contributed by atoms with van der Waals surface area (Å²) >= 11 is 4.42. The number of amides is 2. The summed E-state index contributed by atoms with van der Waals surface area (Å²) in [6, 6.07) is 19.8. The second-order valence-electron chi connectivity index (χ2n) is 11.5. The fourth-order valence-electron chi connectivity index (χ4n) is 4.44. The van der Waals surface area contributed by atoms with E-state index in [0.717, 1.165) is 38.9 Å². The molecule has 1 aliphatic heterocycles. The van der Waals surface area contributed by atoms with E-state index < -0.39 is 0 Å². The first-order valence-corrected chi connectivity index (χ1v) is 15.7. The number of hydrogen-bond acceptors (Lipinski definition) is 6. The summed E-state index contributed by atoms with van der Waals surface area (Å²) < 4.78 is 18.8. The van der Waals surface area contributed by atoms with E-state index in [1.54, 1.807) is 6.08 Å². The lowest BCUT2D eigenvalue weighted by Crippen LogP contribution is -2.32. The molecule has 6 nitrogen and oxygen atoms in total. The maximum absolute atomic E-state index is 13.2.